The van der Waals surface area contributed by atoms with Crippen LogP contribution in [-0.4, -0.2) is 17.5 Å². The van der Waals surface area contributed by atoms with Crippen LogP contribution in [0.5, 0.6) is 5.75 Å². The first-order valence-electron chi connectivity index (χ1n) is 6.63. The van der Waals surface area contributed by atoms with E-state index in [9.17, 15) is 4.79 Å². The van der Waals surface area contributed by atoms with E-state index in [-0.39, 0.29) is 11.6 Å². The summed E-state index contributed by atoms with van der Waals surface area (Å²) in [4.78, 5) is 15.9. The molecule has 0 atom stereocenters. The number of carbonyl (C=O) groups is 1. The van der Waals surface area contributed by atoms with Crippen molar-refractivity contribution in [3.05, 3.63) is 53.9 Å². The zero-order valence-corrected chi connectivity index (χ0v) is 11.7. The van der Waals surface area contributed by atoms with Gasteiger partial charge in [-0.05, 0) is 42.8 Å². The Bertz CT molecular complexity index is 643. The Kier molecular flexibility index (Phi) is 4.89. The monoisotopic (exact) mass is 281 g/mol. The Balaban J connectivity index is 2.00. The smallest absolute Gasteiger partial charge is 0.274 e. The molecular weight excluding hydrogens is 266 g/mol. The molecule has 1 aromatic heterocycles. The van der Waals surface area contributed by atoms with E-state index >= 15 is 0 Å². The molecule has 1 N–H and O–H groups in total. The zero-order chi connectivity index (χ0) is 15.1. The number of hydrogen-bond donors (Lipinski definition) is 1. The number of aromatic nitrogens is 1. The summed E-state index contributed by atoms with van der Waals surface area (Å²) in [6.07, 6.45) is 2.32. The fraction of sp³-hybridized carbons (Fsp3) is 0.188. The minimum atomic E-state index is -0.318. The normalized spacial score (nSPS) is 9.71. The number of ether oxygens (including phenoxy) is 1. The summed E-state index contributed by atoms with van der Waals surface area (Å²) < 4.78 is 5.47. The maximum absolute atomic E-state index is 12.0. The second kappa shape index (κ2) is 7.06. The standard InChI is InChI=1S/C16H15N3O2/c1-2-9-21-14-6-4-13(5-7-14)19-16(20)15-8-3-12(10-17)11-18-15/h3-8,11H,2,9H2,1H3,(H,19,20). The van der Waals surface area contributed by atoms with Gasteiger partial charge in [-0.15, -0.1) is 0 Å². The average Bonchev–Trinajstić information content (AvgIpc) is 2.54. The molecule has 2 rings (SSSR count). The summed E-state index contributed by atoms with van der Waals surface area (Å²) >= 11 is 0. The molecular formula is C16H15N3O2. The zero-order valence-electron chi connectivity index (χ0n) is 11.7. The van der Waals surface area contributed by atoms with Crippen LogP contribution in [-0.2, 0) is 0 Å². The van der Waals surface area contributed by atoms with Crippen LogP contribution < -0.4 is 10.1 Å². The summed E-state index contributed by atoms with van der Waals surface area (Å²) in [7, 11) is 0. The quantitative estimate of drug-likeness (QED) is 0.914. The molecule has 0 unspecified atom stereocenters. The van der Waals surface area contributed by atoms with Crippen molar-refractivity contribution in [3.63, 3.8) is 0 Å². The van der Waals surface area contributed by atoms with Gasteiger partial charge in [-0.1, -0.05) is 6.92 Å². The maximum atomic E-state index is 12.0. The van der Waals surface area contributed by atoms with E-state index < -0.39 is 0 Å². The molecule has 1 amide bonds. The number of nitriles is 1. The number of rotatable bonds is 5. The van der Waals surface area contributed by atoms with Crippen molar-refractivity contribution in [2.45, 2.75) is 13.3 Å². The first kappa shape index (κ1) is 14.5. The topological polar surface area (TPSA) is 75.0 Å². The molecule has 0 saturated carbocycles. The van der Waals surface area contributed by atoms with Gasteiger partial charge in [-0.2, -0.15) is 5.26 Å². The summed E-state index contributed by atoms with van der Waals surface area (Å²) in [5, 5.41) is 11.4. The minimum absolute atomic E-state index is 0.264. The summed E-state index contributed by atoms with van der Waals surface area (Å²) in [6.45, 7) is 2.71. The Hall–Kier alpha value is -2.87. The van der Waals surface area contributed by atoms with Crippen molar-refractivity contribution >= 4 is 11.6 Å². The SMILES string of the molecule is CCCOc1ccc(NC(=O)c2ccc(C#N)cn2)cc1. The average molecular weight is 281 g/mol. The highest BCUT2D eigenvalue weighted by Crippen LogP contribution is 2.16. The maximum Gasteiger partial charge on any atom is 0.274 e. The van der Waals surface area contributed by atoms with Gasteiger partial charge in [0.05, 0.1) is 12.2 Å². The molecule has 0 aliphatic carbocycles. The van der Waals surface area contributed by atoms with E-state index in [0.717, 1.165) is 12.2 Å². The number of carbonyl (C=O) groups excluding carboxylic acids is 1. The fourth-order valence-electron chi connectivity index (χ4n) is 1.64. The van der Waals surface area contributed by atoms with Crippen molar-refractivity contribution in [3.8, 4) is 11.8 Å². The van der Waals surface area contributed by atoms with Gasteiger partial charge in [-0.25, -0.2) is 4.98 Å². The Morgan fingerprint density at radius 2 is 2.05 bits per heavy atom. The minimum Gasteiger partial charge on any atom is -0.494 e. The molecule has 1 aromatic carbocycles. The molecule has 1 heterocycles. The van der Waals surface area contributed by atoms with Crippen LogP contribution >= 0.6 is 0 Å². The Labute approximate surface area is 123 Å². The number of hydrogen-bond acceptors (Lipinski definition) is 4. The molecule has 5 nitrogen and oxygen atoms in total. The number of nitrogens with zero attached hydrogens (tertiary/aromatic N) is 2. The highest BCUT2D eigenvalue weighted by atomic mass is 16.5. The number of pyridine rings is 1. The first-order chi connectivity index (χ1) is 10.2. The summed E-state index contributed by atoms with van der Waals surface area (Å²) in [6, 6.07) is 12.2. The molecule has 106 valence electrons. The van der Waals surface area contributed by atoms with Gasteiger partial charge >= 0.3 is 0 Å². The van der Waals surface area contributed by atoms with Crippen molar-refractivity contribution < 1.29 is 9.53 Å². The van der Waals surface area contributed by atoms with Crippen LogP contribution in [0.4, 0.5) is 5.69 Å². The lowest BCUT2D eigenvalue weighted by Crippen LogP contribution is -2.13. The van der Waals surface area contributed by atoms with Crippen LogP contribution in [0.2, 0.25) is 0 Å². The molecule has 5 heteroatoms. The molecule has 0 saturated heterocycles. The number of amides is 1. The van der Waals surface area contributed by atoms with E-state index in [1.54, 1.807) is 30.3 Å². The van der Waals surface area contributed by atoms with Crippen LogP contribution in [0, 0.1) is 11.3 Å². The largest absolute Gasteiger partial charge is 0.494 e. The van der Waals surface area contributed by atoms with Crippen molar-refractivity contribution in [1.29, 1.82) is 5.26 Å². The van der Waals surface area contributed by atoms with E-state index in [1.165, 1.54) is 12.3 Å². The van der Waals surface area contributed by atoms with Crippen molar-refractivity contribution in [2.24, 2.45) is 0 Å². The van der Waals surface area contributed by atoms with Crippen LogP contribution in [0.3, 0.4) is 0 Å². The molecule has 0 aliphatic rings. The van der Waals surface area contributed by atoms with Gasteiger partial charge in [0.15, 0.2) is 0 Å². The van der Waals surface area contributed by atoms with E-state index in [1.807, 2.05) is 13.0 Å². The number of anilines is 1. The summed E-state index contributed by atoms with van der Waals surface area (Å²) in [5.74, 6) is 0.452. The highest BCUT2D eigenvalue weighted by molar-refractivity contribution is 6.02. The lowest BCUT2D eigenvalue weighted by atomic mass is 10.2. The predicted octanol–water partition coefficient (Wildman–Crippen LogP) is 2.99. The molecule has 0 radical (unpaired) electrons. The predicted molar refractivity (Wildman–Crippen MR) is 79.1 cm³/mol. The molecule has 21 heavy (non-hydrogen) atoms. The lowest BCUT2D eigenvalue weighted by molar-refractivity contribution is 0.102. The Morgan fingerprint density at radius 3 is 2.62 bits per heavy atom. The Morgan fingerprint density at radius 1 is 1.29 bits per heavy atom. The third-order valence-electron chi connectivity index (χ3n) is 2.71. The van der Waals surface area contributed by atoms with Crippen LogP contribution in [0.25, 0.3) is 0 Å². The van der Waals surface area contributed by atoms with Crippen LogP contribution in [0.1, 0.15) is 29.4 Å². The molecule has 0 fully saturated rings. The van der Waals surface area contributed by atoms with Gasteiger partial charge in [0, 0.05) is 11.9 Å². The van der Waals surface area contributed by atoms with Crippen molar-refractivity contribution in [1.82, 2.24) is 4.98 Å². The fourth-order valence-corrected chi connectivity index (χ4v) is 1.64. The van der Waals surface area contributed by atoms with E-state index in [2.05, 4.69) is 10.3 Å². The van der Waals surface area contributed by atoms with Gasteiger partial charge in [0.1, 0.15) is 17.5 Å². The van der Waals surface area contributed by atoms with Gasteiger partial charge in [0.2, 0.25) is 0 Å². The van der Waals surface area contributed by atoms with E-state index in [4.69, 9.17) is 10.00 Å². The van der Waals surface area contributed by atoms with Gasteiger partial charge < -0.3 is 10.1 Å². The van der Waals surface area contributed by atoms with E-state index in [0.29, 0.717) is 17.9 Å². The second-order valence-electron chi connectivity index (χ2n) is 4.37. The first-order valence-corrected chi connectivity index (χ1v) is 6.63. The summed E-state index contributed by atoms with van der Waals surface area (Å²) in [5.41, 5.74) is 1.35. The third-order valence-corrected chi connectivity index (χ3v) is 2.71. The number of benzene rings is 1. The molecule has 0 spiro atoms. The molecule has 2 aromatic rings. The molecule has 0 bridgehead atoms. The van der Waals surface area contributed by atoms with Crippen molar-refractivity contribution in [2.75, 3.05) is 11.9 Å². The van der Waals surface area contributed by atoms with Gasteiger partial charge in [0.25, 0.3) is 5.91 Å². The second-order valence-corrected chi connectivity index (χ2v) is 4.37. The van der Waals surface area contributed by atoms with Crippen LogP contribution in [0.15, 0.2) is 42.6 Å². The van der Waals surface area contributed by atoms with Gasteiger partial charge in [-0.3, -0.25) is 4.79 Å². The lowest BCUT2D eigenvalue weighted by Gasteiger charge is -2.07. The number of nitrogens with one attached hydrogen (secondary N) is 1. The third kappa shape index (κ3) is 4.05. The molecule has 0 aliphatic heterocycles. The highest BCUT2D eigenvalue weighted by Gasteiger charge is 2.07.